The van der Waals surface area contributed by atoms with E-state index in [1.807, 2.05) is 69.3 Å². The minimum Gasteiger partial charge on any atom is -0.508 e. The normalized spacial score (nSPS) is 11.2. The number of rotatable bonds is 6. The first-order chi connectivity index (χ1) is 16.7. The van der Waals surface area contributed by atoms with E-state index in [-0.39, 0.29) is 42.6 Å². The maximum absolute atomic E-state index is 12.0. The Morgan fingerprint density at radius 3 is 2.28 bits per heavy atom. The van der Waals surface area contributed by atoms with Gasteiger partial charge in [0.1, 0.15) is 11.5 Å². The standard InChI is InChI=1S/C31H29NO3.U/c1-18(2)12-13-23-21(5)30(34)19(3)15-26(23)28(24-10-7-6-9-22(24)17-33)27-16-20(4)31(35)29-25(27)11-8-14-32-29;/h6-16,18,34-35H,1-5H3;/q-2;+2/b13-12-;. The molecule has 1 aromatic heterocycles. The summed E-state index contributed by atoms with van der Waals surface area (Å²) in [4.78, 5) is 16.5. The Morgan fingerprint density at radius 1 is 0.917 bits per heavy atom. The number of phenolic OH excluding ortho intramolecular Hbond substituents is 2. The molecule has 4 rings (SSSR count). The van der Waals surface area contributed by atoms with Crippen LogP contribution in [0.3, 0.4) is 0 Å². The summed E-state index contributed by atoms with van der Waals surface area (Å²) in [5.41, 5.74) is 6.44. The van der Waals surface area contributed by atoms with Gasteiger partial charge >= 0.3 is 31.1 Å². The van der Waals surface area contributed by atoms with E-state index in [9.17, 15) is 15.0 Å². The molecule has 0 aliphatic carbocycles. The van der Waals surface area contributed by atoms with E-state index >= 15 is 0 Å². The van der Waals surface area contributed by atoms with Crippen LogP contribution in [0.4, 0.5) is 0 Å². The van der Waals surface area contributed by atoms with E-state index in [0.29, 0.717) is 22.6 Å². The number of pyridine rings is 1. The smallest absolute Gasteiger partial charge is 0.508 e. The van der Waals surface area contributed by atoms with Gasteiger partial charge in [-0.25, -0.2) is 0 Å². The van der Waals surface area contributed by atoms with Crippen molar-refractivity contribution in [2.45, 2.75) is 34.6 Å². The van der Waals surface area contributed by atoms with E-state index in [4.69, 9.17) is 0 Å². The number of phenols is 2. The Bertz CT molecular complexity index is 1460. The van der Waals surface area contributed by atoms with Gasteiger partial charge in [0.2, 0.25) is 0 Å². The van der Waals surface area contributed by atoms with Crippen LogP contribution in [0.1, 0.15) is 58.4 Å². The van der Waals surface area contributed by atoms with Crippen LogP contribution in [0.5, 0.6) is 11.5 Å². The van der Waals surface area contributed by atoms with Crippen LogP contribution in [-0.2, 0) is 4.79 Å². The van der Waals surface area contributed by atoms with Crippen LogP contribution < -0.4 is 0 Å². The second kappa shape index (κ2) is 11.4. The Morgan fingerprint density at radius 2 is 1.58 bits per heavy atom. The van der Waals surface area contributed by atoms with E-state index in [1.165, 1.54) is 0 Å². The average molecular weight is 702 g/mol. The summed E-state index contributed by atoms with van der Waals surface area (Å²) in [6.07, 6.45) is 7.89. The molecule has 4 aromatic rings. The fourth-order valence-electron chi connectivity index (χ4n) is 4.49. The molecule has 0 bridgehead atoms. The van der Waals surface area contributed by atoms with Crippen molar-refractivity contribution in [2.24, 2.45) is 5.92 Å². The molecule has 0 amide bonds. The van der Waals surface area contributed by atoms with Gasteiger partial charge in [-0.2, -0.15) is 23.3 Å². The predicted molar refractivity (Wildman–Crippen MR) is 141 cm³/mol. The van der Waals surface area contributed by atoms with Gasteiger partial charge in [-0.1, -0.05) is 60.9 Å². The first kappa shape index (κ1) is 27.6. The third-order valence-electron chi connectivity index (χ3n) is 6.33. The molecule has 0 saturated carbocycles. The Labute approximate surface area is 236 Å². The number of benzene rings is 3. The topological polar surface area (TPSA) is 70.4 Å². The molecule has 2 N–H and O–H groups in total. The molecule has 36 heavy (non-hydrogen) atoms. The second-order valence-corrected chi connectivity index (χ2v) is 9.24. The van der Waals surface area contributed by atoms with Gasteiger partial charge in [0, 0.05) is 12.5 Å². The van der Waals surface area contributed by atoms with Crippen molar-refractivity contribution in [3.63, 3.8) is 0 Å². The fourth-order valence-corrected chi connectivity index (χ4v) is 4.49. The summed E-state index contributed by atoms with van der Waals surface area (Å²) in [6.45, 7) is 9.82. The Kier molecular flexibility index (Phi) is 8.72. The van der Waals surface area contributed by atoms with Crippen LogP contribution in [0.25, 0.3) is 17.0 Å². The van der Waals surface area contributed by atoms with Crippen molar-refractivity contribution in [1.82, 2.24) is 4.98 Å². The van der Waals surface area contributed by atoms with E-state index in [1.54, 1.807) is 12.3 Å². The molecule has 0 radical (unpaired) electrons. The van der Waals surface area contributed by atoms with Crippen LogP contribution in [0.2, 0.25) is 0 Å². The monoisotopic (exact) mass is 701 g/mol. The molecule has 180 valence electrons. The van der Waals surface area contributed by atoms with Crippen molar-refractivity contribution < 1.29 is 46.1 Å². The van der Waals surface area contributed by atoms with Gasteiger partial charge in [0.05, 0.1) is 5.52 Å². The summed E-state index contributed by atoms with van der Waals surface area (Å²) < 4.78 is 0. The molecule has 0 spiro atoms. The van der Waals surface area contributed by atoms with Crippen molar-refractivity contribution in [3.8, 4) is 11.5 Å². The van der Waals surface area contributed by atoms with E-state index in [0.717, 1.165) is 44.7 Å². The quantitative estimate of drug-likeness (QED) is 0.173. The van der Waals surface area contributed by atoms with E-state index < -0.39 is 0 Å². The number of fused-ring (bicyclic) bond motifs is 1. The number of allylic oxidation sites excluding steroid dienone is 1. The number of nitrogens with zero attached hydrogens (tertiary/aromatic N) is 1. The van der Waals surface area contributed by atoms with Crippen molar-refractivity contribution in [3.05, 3.63) is 111 Å². The third kappa shape index (κ3) is 5.10. The second-order valence-electron chi connectivity index (χ2n) is 9.24. The number of aromatic nitrogens is 1. The summed E-state index contributed by atoms with van der Waals surface area (Å²) in [6, 6.07) is 15.0. The zero-order chi connectivity index (χ0) is 25.3. The molecule has 3 aromatic carbocycles. The number of carbonyl (C=O) groups excluding carboxylic acids is 1. The molecule has 0 unspecified atom stereocenters. The van der Waals surface area contributed by atoms with Crippen LogP contribution >= 0.6 is 0 Å². The molecule has 0 fully saturated rings. The van der Waals surface area contributed by atoms with Gasteiger partial charge in [0.25, 0.3) is 0 Å². The van der Waals surface area contributed by atoms with E-state index in [2.05, 4.69) is 31.2 Å². The zero-order valence-electron chi connectivity index (χ0n) is 21.2. The third-order valence-corrected chi connectivity index (χ3v) is 6.33. The maximum atomic E-state index is 12.0. The van der Waals surface area contributed by atoms with Crippen molar-refractivity contribution in [2.75, 3.05) is 0 Å². The number of hydrogen-bond donors (Lipinski definition) is 2. The molecule has 5 heteroatoms. The Balaban J connectivity index is 0.00000361. The Hall–Kier alpha value is -3.00. The van der Waals surface area contributed by atoms with Crippen LogP contribution in [0.15, 0.2) is 60.8 Å². The molecule has 0 atom stereocenters. The molecule has 0 aliphatic rings. The number of hydrogen-bond acceptors (Lipinski definition) is 4. The molecule has 4 nitrogen and oxygen atoms in total. The predicted octanol–water partition coefficient (Wildman–Crippen LogP) is 6.72. The van der Waals surface area contributed by atoms with Gasteiger partial charge in [-0.05, 0) is 54.8 Å². The van der Waals surface area contributed by atoms with Crippen LogP contribution in [-0.4, -0.2) is 21.5 Å². The summed E-state index contributed by atoms with van der Waals surface area (Å²) in [5, 5.41) is 22.3. The van der Waals surface area contributed by atoms with Gasteiger partial charge in [-0.15, -0.1) is 18.1 Å². The zero-order valence-corrected chi connectivity index (χ0v) is 25.3. The maximum Gasteiger partial charge on any atom is 2.00 e. The van der Waals surface area contributed by atoms with Gasteiger partial charge in [-0.3, -0.25) is 4.98 Å². The molecule has 0 aliphatic heterocycles. The fraction of sp³-hybridized carbons (Fsp3) is 0.194. The largest absolute Gasteiger partial charge is 2.00 e. The number of aryl methyl sites for hydroxylation is 2. The molecule has 1 heterocycles. The molecular weight excluding hydrogens is 672 g/mol. The summed E-state index contributed by atoms with van der Waals surface area (Å²) >= 11 is 0. The van der Waals surface area contributed by atoms with Gasteiger partial charge < -0.3 is 15.0 Å². The molecular formula is C31H29NO3U. The minimum absolute atomic E-state index is 0. The minimum atomic E-state index is 0. The van der Waals surface area contributed by atoms with Crippen molar-refractivity contribution in [1.29, 1.82) is 0 Å². The first-order valence-electron chi connectivity index (χ1n) is 11.7. The summed E-state index contributed by atoms with van der Waals surface area (Å²) in [5.74, 6) is 1.52. The first-order valence-corrected chi connectivity index (χ1v) is 11.7. The SMILES string of the molecule is Cc1cc([C-](c2ccccc2[C-]=O)c2cc(C)c(O)c3ncccc23)c(/C=C\C(C)C)c(C)c1O.[U+2]. The van der Waals surface area contributed by atoms with Crippen molar-refractivity contribution >= 4 is 23.3 Å². The molecule has 0 saturated heterocycles. The summed E-state index contributed by atoms with van der Waals surface area (Å²) in [7, 11) is 0. The van der Waals surface area contributed by atoms with Crippen LogP contribution in [0, 0.1) is 63.7 Å². The average Bonchev–Trinajstić information content (AvgIpc) is 2.85. The number of aromatic hydroxyl groups is 2. The van der Waals surface area contributed by atoms with Gasteiger partial charge in [0.15, 0.2) is 0 Å².